The van der Waals surface area contributed by atoms with E-state index in [9.17, 15) is 9.90 Å². The van der Waals surface area contributed by atoms with Crippen LogP contribution < -0.4 is 4.90 Å². The molecule has 4 heteroatoms. The number of fused-ring (bicyclic) bond motifs is 1. The van der Waals surface area contributed by atoms with Crippen molar-refractivity contribution >= 4 is 22.7 Å². The highest BCUT2D eigenvalue weighted by Gasteiger charge is 2.31. The monoisotopic (exact) mass is 270 g/mol. The second-order valence-electron chi connectivity index (χ2n) is 5.51. The van der Waals surface area contributed by atoms with Crippen molar-refractivity contribution in [3.8, 4) is 0 Å². The fourth-order valence-electron chi connectivity index (χ4n) is 2.94. The van der Waals surface area contributed by atoms with Gasteiger partial charge in [0.25, 0.3) is 0 Å². The number of nitrogens with zero attached hydrogens (tertiary/aromatic N) is 2. The molecule has 2 heterocycles. The fourth-order valence-corrected chi connectivity index (χ4v) is 2.94. The molecule has 1 aromatic carbocycles. The number of aliphatic carboxylic acids is 1. The number of benzene rings is 1. The first-order chi connectivity index (χ1) is 9.56. The Bertz CT molecular complexity index is 681. The molecule has 1 aliphatic heterocycles. The number of anilines is 1. The summed E-state index contributed by atoms with van der Waals surface area (Å²) in [5, 5.41) is 10.4. The summed E-state index contributed by atoms with van der Waals surface area (Å²) >= 11 is 0. The summed E-state index contributed by atoms with van der Waals surface area (Å²) in [6.45, 7) is 4.86. The number of aromatic nitrogens is 1. The molecule has 1 atom stereocenters. The standard InChI is InChI=1S/C16H18N2O2/c1-10-5-6-12-11(2)9-15(17-13(12)8-10)18-7-3-4-14(18)16(19)20/h5-6,8-9,14H,3-4,7H2,1-2H3,(H,19,20)/t14-/m0/s1. The molecule has 1 N–H and O–H groups in total. The largest absolute Gasteiger partial charge is 0.480 e. The Morgan fingerprint density at radius 3 is 2.90 bits per heavy atom. The fraction of sp³-hybridized carbons (Fsp3) is 0.375. The van der Waals surface area contributed by atoms with Gasteiger partial charge in [-0.3, -0.25) is 0 Å². The zero-order chi connectivity index (χ0) is 14.3. The molecule has 104 valence electrons. The van der Waals surface area contributed by atoms with Crippen LogP contribution in [0.4, 0.5) is 5.82 Å². The molecule has 1 aliphatic rings. The molecule has 0 saturated carbocycles. The third kappa shape index (κ3) is 2.11. The molecule has 1 saturated heterocycles. The van der Waals surface area contributed by atoms with Gasteiger partial charge in [-0.25, -0.2) is 9.78 Å². The van der Waals surface area contributed by atoms with E-state index in [0.717, 1.165) is 40.8 Å². The summed E-state index contributed by atoms with van der Waals surface area (Å²) in [6.07, 6.45) is 1.60. The molecule has 1 fully saturated rings. The summed E-state index contributed by atoms with van der Waals surface area (Å²) in [7, 11) is 0. The molecule has 0 radical (unpaired) electrons. The molecule has 1 aromatic heterocycles. The Labute approximate surface area is 118 Å². The van der Waals surface area contributed by atoms with Gasteiger partial charge in [-0.2, -0.15) is 0 Å². The second-order valence-corrected chi connectivity index (χ2v) is 5.51. The average Bonchev–Trinajstić information content (AvgIpc) is 2.87. The van der Waals surface area contributed by atoms with Crippen molar-refractivity contribution in [2.45, 2.75) is 32.7 Å². The molecule has 0 aliphatic carbocycles. The van der Waals surface area contributed by atoms with E-state index in [1.54, 1.807) is 0 Å². The van der Waals surface area contributed by atoms with Crippen LogP contribution in [0, 0.1) is 13.8 Å². The van der Waals surface area contributed by atoms with Crippen LogP contribution in [0.3, 0.4) is 0 Å². The van der Waals surface area contributed by atoms with E-state index in [2.05, 4.69) is 30.1 Å². The van der Waals surface area contributed by atoms with Crippen molar-refractivity contribution in [3.05, 3.63) is 35.4 Å². The van der Waals surface area contributed by atoms with E-state index >= 15 is 0 Å². The molecule has 2 aromatic rings. The number of aryl methyl sites for hydroxylation is 2. The van der Waals surface area contributed by atoms with E-state index in [4.69, 9.17) is 0 Å². The summed E-state index contributed by atoms with van der Waals surface area (Å²) in [6, 6.07) is 7.77. The van der Waals surface area contributed by atoms with Gasteiger partial charge in [0, 0.05) is 11.9 Å². The molecule has 0 spiro atoms. The SMILES string of the molecule is Cc1ccc2c(C)cc(N3CCC[C@H]3C(=O)O)nc2c1. The summed E-state index contributed by atoms with van der Waals surface area (Å²) in [5.74, 6) is 0.0248. The van der Waals surface area contributed by atoms with E-state index < -0.39 is 12.0 Å². The highest BCUT2D eigenvalue weighted by molar-refractivity contribution is 5.86. The van der Waals surface area contributed by atoms with Gasteiger partial charge in [0.15, 0.2) is 0 Å². The summed E-state index contributed by atoms with van der Waals surface area (Å²) < 4.78 is 0. The molecule has 0 unspecified atom stereocenters. The summed E-state index contributed by atoms with van der Waals surface area (Å²) in [5.41, 5.74) is 3.25. The minimum Gasteiger partial charge on any atom is -0.480 e. The van der Waals surface area contributed by atoms with Crippen LogP contribution in [0.1, 0.15) is 24.0 Å². The number of carbonyl (C=O) groups is 1. The molecular formula is C16H18N2O2. The molecule has 0 bridgehead atoms. The van der Waals surface area contributed by atoms with Gasteiger partial charge in [0.05, 0.1) is 5.52 Å². The van der Waals surface area contributed by atoms with Gasteiger partial charge < -0.3 is 10.0 Å². The van der Waals surface area contributed by atoms with Crippen molar-refractivity contribution in [2.75, 3.05) is 11.4 Å². The Balaban J connectivity index is 2.10. The highest BCUT2D eigenvalue weighted by atomic mass is 16.4. The van der Waals surface area contributed by atoms with Gasteiger partial charge in [-0.1, -0.05) is 12.1 Å². The number of rotatable bonds is 2. The van der Waals surface area contributed by atoms with Crippen molar-refractivity contribution in [1.82, 2.24) is 4.98 Å². The number of hydrogen-bond acceptors (Lipinski definition) is 3. The Hall–Kier alpha value is -2.10. The lowest BCUT2D eigenvalue weighted by atomic mass is 10.1. The third-order valence-corrected chi connectivity index (χ3v) is 3.99. The molecule has 3 rings (SSSR count). The lowest BCUT2D eigenvalue weighted by molar-refractivity contribution is -0.138. The molecule has 0 amide bonds. The van der Waals surface area contributed by atoms with Crippen molar-refractivity contribution in [3.63, 3.8) is 0 Å². The number of carboxylic acid groups (broad SMARTS) is 1. The van der Waals surface area contributed by atoms with E-state index in [-0.39, 0.29) is 0 Å². The Morgan fingerprint density at radius 2 is 2.15 bits per heavy atom. The van der Waals surface area contributed by atoms with Gasteiger partial charge in [-0.05, 0) is 49.9 Å². The average molecular weight is 270 g/mol. The lowest BCUT2D eigenvalue weighted by Crippen LogP contribution is -2.36. The van der Waals surface area contributed by atoms with Crippen LogP contribution in [-0.2, 0) is 4.79 Å². The second kappa shape index (κ2) is 4.78. The van der Waals surface area contributed by atoms with E-state index in [1.165, 1.54) is 0 Å². The highest BCUT2D eigenvalue weighted by Crippen LogP contribution is 2.28. The first kappa shape index (κ1) is 12.9. The first-order valence-corrected chi connectivity index (χ1v) is 6.94. The topological polar surface area (TPSA) is 53.4 Å². The van der Waals surface area contributed by atoms with Gasteiger partial charge in [0.1, 0.15) is 11.9 Å². The Morgan fingerprint density at radius 1 is 1.35 bits per heavy atom. The quantitative estimate of drug-likeness (QED) is 0.911. The predicted molar refractivity (Wildman–Crippen MR) is 79.2 cm³/mol. The maximum absolute atomic E-state index is 11.3. The van der Waals surface area contributed by atoms with Crippen molar-refractivity contribution in [1.29, 1.82) is 0 Å². The number of pyridine rings is 1. The van der Waals surface area contributed by atoms with Crippen molar-refractivity contribution in [2.24, 2.45) is 0 Å². The number of hydrogen-bond donors (Lipinski definition) is 1. The van der Waals surface area contributed by atoms with Crippen LogP contribution >= 0.6 is 0 Å². The number of carboxylic acids is 1. The van der Waals surface area contributed by atoms with Crippen LogP contribution in [0.2, 0.25) is 0 Å². The van der Waals surface area contributed by atoms with E-state index in [0.29, 0.717) is 6.42 Å². The predicted octanol–water partition coefficient (Wildman–Crippen LogP) is 2.91. The summed E-state index contributed by atoms with van der Waals surface area (Å²) in [4.78, 5) is 17.9. The zero-order valence-corrected chi connectivity index (χ0v) is 11.8. The van der Waals surface area contributed by atoms with Gasteiger partial charge in [-0.15, -0.1) is 0 Å². The first-order valence-electron chi connectivity index (χ1n) is 6.94. The van der Waals surface area contributed by atoms with Crippen LogP contribution in [0.15, 0.2) is 24.3 Å². The zero-order valence-electron chi connectivity index (χ0n) is 11.8. The van der Waals surface area contributed by atoms with Crippen LogP contribution in [-0.4, -0.2) is 28.6 Å². The van der Waals surface area contributed by atoms with Crippen molar-refractivity contribution < 1.29 is 9.90 Å². The smallest absolute Gasteiger partial charge is 0.326 e. The molecule has 4 nitrogen and oxygen atoms in total. The van der Waals surface area contributed by atoms with Gasteiger partial charge >= 0.3 is 5.97 Å². The maximum Gasteiger partial charge on any atom is 0.326 e. The molecular weight excluding hydrogens is 252 g/mol. The Kier molecular flexibility index (Phi) is 3.08. The third-order valence-electron chi connectivity index (χ3n) is 3.99. The van der Waals surface area contributed by atoms with Crippen LogP contribution in [0.25, 0.3) is 10.9 Å². The minimum atomic E-state index is -0.758. The van der Waals surface area contributed by atoms with E-state index in [1.807, 2.05) is 17.9 Å². The van der Waals surface area contributed by atoms with Gasteiger partial charge in [0.2, 0.25) is 0 Å². The maximum atomic E-state index is 11.3. The minimum absolute atomic E-state index is 0.441. The molecule has 20 heavy (non-hydrogen) atoms. The van der Waals surface area contributed by atoms with Crippen LogP contribution in [0.5, 0.6) is 0 Å². The lowest BCUT2D eigenvalue weighted by Gasteiger charge is -2.23. The normalized spacial score (nSPS) is 18.7.